The minimum atomic E-state index is -0.624. The summed E-state index contributed by atoms with van der Waals surface area (Å²) in [6.07, 6.45) is 1.20. The van der Waals surface area contributed by atoms with Crippen LogP contribution in [-0.2, 0) is 15.2 Å². The molecule has 1 saturated heterocycles. The van der Waals surface area contributed by atoms with Crippen molar-refractivity contribution >= 4 is 29.2 Å². The molecule has 0 bridgehead atoms. The molecule has 9 nitrogen and oxygen atoms in total. The SMILES string of the molecule is CC1(C)OC[C@H](COc2ccc(-c3c(C#N)c(N)nc(SCc4ncoc4-c4ccc(Cl)cc4)c3C#N)cc2)O1. The van der Waals surface area contributed by atoms with Crippen molar-refractivity contribution in [1.29, 1.82) is 10.5 Å². The Balaban J connectivity index is 1.38. The highest BCUT2D eigenvalue weighted by Gasteiger charge is 2.33. The molecule has 1 aliphatic heterocycles. The smallest absolute Gasteiger partial charge is 0.181 e. The molecule has 0 saturated carbocycles. The van der Waals surface area contributed by atoms with Crippen LogP contribution in [0.5, 0.6) is 5.75 Å². The van der Waals surface area contributed by atoms with Crippen LogP contribution in [0, 0.1) is 22.7 Å². The molecular formula is C29H24ClN5O4S. The van der Waals surface area contributed by atoms with Crippen molar-refractivity contribution in [1.82, 2.24) is 9.97 Å². The quantitative estimate of drug-likeness (QED) is 0.242. The minimum absolute atomic E-state index is 0.0402. The largest absolute Gasteiger partial charge is 0.491 e. The zero-order chi connectivity index (χ0) is 28.3. The number of thioether (sulfide) groups is 1. The molecule has 202 valence electrons. The van der Waals surface area contributed by atoms with Gasteiger partial charge in [0.25, 0.3) is 0 Å². The normalized spacial score (nSPS) is 15.9. The number of nitrogens with two attached hydrogens (primary N) is 1. The van der Waals surface area contributed by atoms with Gasteiger partial charge in [0.05, 0.1) is 17.9 Å². The van der Waals surface area contributed by atoms with Gasteiger partial charge in [0, 0.05) is 21.9 Å². The highest BCUT2D eigenvalue weighted by Crippen LogP contribution is 2.38. The van der Waals surface area contributed by atoms with E-state index >= 15 is 0 Å². The lowest BCUT2D eigenvalue weighted by Crippen LogP contribution is -2.25. The minimum Gasteiger partial charge on any atom is -0.491 e. The van der Waals surface area contributed by atoms with Gasteiger partial charge >= 0.3 is 0 Å². The van der Waals surface area contributed by atoms with Gasteiger partial charge in [-0.1, -0.05) is 35.5 Å². The number of anilines is 1. The average Bonchev–Trinajstić information content (AvgIpc) is 3.56. The number of hydrogen-bond donors (Lipinski definition) is 1. The number of nitrogens with zero attached hydrogens (tertiary/aromatic N) is 4. The molecule has 1 atom stereocenters. The summed E-state index contributed by atoms with van der Waals surface area (Å²) >= 11 is 7.30. The van der Waals surface area contributed by atoms with Crippen molar-refractivity contribution in [3.05, 3.63) is 76.8 Å². The van der Waals surface area contributed by atoms with E-state index in [0.717, 1.165) is 5.56 Å². The van der Waals surface area contributed by atoms with Crippen LogP contribution in [0.15, 0.2) is 64.4 Å². The average molecular weight is 574 g/mol. The molecule has 11 heteroatoms. The molecule has 2 N–H and O–H groups in total. The third kappa shape index (κ3) is 5.91. The number of aromatic nitrogens is 2. The number of halogens is 1. The molecule has 4 aromatic rings. The van der Waals surface area contributed by atoms with Gasteiger partial charge in [-0.3, -0.25) is 0 Å². The number of nitrogen functional groups attached to an aromatic ring is 1. The topological polar surface area (TPSA) is 140 Å². The van der Waals surface area contributed by atoms with Crippen LogP contribution in [-0.4, -0.2) is 35.1 Å². The highest BCUT2D eigenvalue weighted by atomic mass is 35.5. The molecule has 0 radical (unpaired) electrons. The zero-order valence-electron chi connectivity index (χ0n) is 21.7. The summed E-state index contributed by atoms with van der Waals surface area (Å²) in [4.78, 5) is 8.73. The predicted molar refractivity (Wildman–Crippen MR) is 150 cm³/mol. The molecule has 0 amide bonds. The van der Waals surface area contributed by atoms with E-state index in [-0.39, 0.29) is 23.0 Å². The van der Waals surface area contributed by atoms with E-state index in [2.05, 4.69) is 22.1 Å². The molecule has 1 fully saturated rings. The van der Waals surface area contributed by atoms with Gasteiger partial charge < -0.3 is 24.4 Å². The molecule has 2 aromatic heterocycles. The number of pyridine rings is 1. The number of benzene rings is 2. The Bertz CT molecular complexity index is 1610. The fraction of sp³-hybridized carbons (Fsp3) is 0.241. The summed E-state index contributed by atoms with van der Waals surface area (Å²) in [5, 5.41) is 21.0. The van der Waals surface area contributed by atoms with E-state index in [1.165, 1.54) is 18.2 Å². The maximum Gasteiger partial charge on any atom is 0.181 e. The molecule has 0 spiro atoms. The van der Waals surface area contributed by atoms with Gasteiger partial charge in [0.1, 0.15) is 47.0 Å². The Morgan fingerprint density at radius 1 is 1.07 bits per heavy atom. The lowest BCUT2D eigenvalue weighted by atomic mass is 9.97. The van der Waals surface area contributed by atoms with Crippen molar-refractivity contribution in [2.24, 2.45) is 0 Å². The highest BCUT2D eigenvalue weighted by molar-refractivity contribution is 7.98. The third-order valence-corrected chi connectivity index (χ3v) is 7.39. The van der Waals surface area contributed by atoms with Crippen molar-refractivity contribution in [2.75, 3.05) is 18.9 Å². The maximum absolute atomic E-state index is 10.1. The number of ether oxygens (including phenoxy) is 3. The van der Waals surface area contributed by atoms with E-state index in [0.29, 0.717) is 57.3 Å². The van der Waals surface area contributed by atoms with E-state index < -0.39 is 5.79 Å². The lowest BCUT2D eigenvalue weighted by Gasteiger charge is -2.17. The van der Waals surface area contributed by atoms with Gasteiger partial charge in [-0.05, 0) is 55.8 Å². The van der Waals surface area contributed by atoms with E-state index in [1.807, 2.05) is 26.0 Å². The molecule has 0 aliphatic carbocycles. The maximum atomic E-state index is 10.1. The van der Waals surface area contributed by atoms with Crippen LogP contribution in [0.4, 0.5) is 5.82 Å². The summed E-state index contributed by atoms with van der Waals surface area (Å²) in [5.74, 6) is 0.988. The first kappa shape index (κ1) is 27.5. The third-order valence-electron chi connectivity index (χ3n) is 6.16. The summed E-state index contributed by atoms with van der Waals surface area (Å²) in [5.41, 5.74) is 9.13. The van der Waals surface area contributed by atoms with Crippen LogP contribution < -0.4 is 10.5 Å². The monoisotopic (exact) mass is 573 g/mol. The second-order valence-corrected chi connectivity index (χ2v) is 10.8. The first-order chi connectivity index (χ1) is 19.3. The molecule has 2 aromatic carbocycles. The number of hydrogen-bond acceptors (Lipinski definition) is 10. The zero-order valence-corrected chi connectivity index (χ0v) is 23.3. The predicted octanol–water partition coefficient (Wildman–Crippen LogP) is 6.21. The second-order valence-electron chi connectivity index (χ2n) is 9.36. The molecule has 1 aliphatic rings. The Morgan fingerprint density at radius 2 is 1.77 bits per heavy atom. The number of nitriles is 2. The fourth-order valence-corrected chi connectivity index (χ4v) is 5.35. The van der Waals surface area contributed by atoms with Crippen molar-refractivity contribution in [3.8, 4) is 40.3 Å². The van der Waals surface area contributed by atoms with Crippen molar-refractivity contribution in [2.45, 2.75) is 36.5 Å². The Morgan fingerprint density at radius 3 is 2.42 bits per heavy atom. The summed E-state index contributed by atoms with van der Waals surface area (Å²) in [7, 11) is 0. The fourth-order valence-electron chi connectivity index (χ4n) is 4.29. The van der Waals surface area contributed by atoms with Crippen LogP contribution in [0.1, 0.15) is 30.7 Å². The van der Waals surface area contributed by atoms with Crippen LogP contribution in [0.2, 0.25) is 5.02 Å². The van der Waals surface area contributed by atoms with Gasteiger partial charge in [-0.25, -0.2) is 9.97 Å². The van der Waals surface area contributed by atoms with Crippen molar-refractivity contribution < 1.29 is 18.6 Å². The molecule has 0 unspecified atom stereocenters. The van der Waals surface area contributed by atoms with E-state index in [1.54, 1.807) is 36.4 Å². The number of oxazole rings is 1. The first-order valence-electron chi connectivity index (χ1n) is 12.3. The van der Waals surface area contributed by atoms with Gasteiger partial charge in [0.2, 0.25) is 0 Å². The Kier molecular flexibility index (Phi) is 7.97. The van der Waals surface area contributed by atoms with Crippen LogP contribution in [0.3, 0.4) is 0 Å². The lowest BCUT2D eigenvalue weighted by molar-refractivity contribution is -0.141. The molecule has 3 heterocycles. The first-order valence-corrected chi connectivity index (χ1v) is 13.6. The Labute approximate surface area is 240 Å². The van der Waals surface area contributed by atoms with E-state index in [4.69, 9.17) is 36.0 Å². The summed E-state index contributed by atoms with van der Waals surface area (Å²) in [6, 6.07) is 18.7. The van der Waals surface area contributed by atoms with Crippen molar-refractivity contribution in [3.63, 3.8) is 0 Å². The van der Waals surface area contributed by atoms with E-state index in [9.17, 15) is 10.5 Å². The standard InChI is InChI=1S/C29H24ClN5O4S/c1-29(2)38-14-21(39-29)13-36-20-9-5-17(6-10-20)25-22(11-31)27(33)35-28(23(25)12-32)40-15-24-26(37-16-34-24)18-3-7-19(30)8-4-18/h3-10,16,21H,13-15H2,1-2H3,(H2,33,35)/t21-/m0/s1. The molecular weight excluding hydrogens is 550 g/mol. The number of rotatable bonds is 8. The molecule has 5 rings (SSSR count). The van der Waals surface area contributed by atoms with Crippen LogP contribution >= 0.6 is 23.4 Å². The summed E-state index contributed by atoms with van der Waals surface area (Å²) < 4.78 is 22.8. The van der Waals surface area contributed by atoms with Gasteiger partial charge in [-0.15, -0.1) is 0 Å². The van der Waals surface area contributed by atoms with Gasteiger partial charge in [0.15, 0.2) is 17.9 Å². The second kappa shape index (κ2) is 11.6. The van der Waals surface area contributed by atoms with Gasteiger partial charge in [-0.2, -0.15) is 10.5 Å². The summed E-state index contributed by atoms with van der Waals surface area (Å²) in [6.45, 7) is 4.50. The molecule has 40 heavy (non-hydrogen) atoms. The Hall–Kier alpha value is -4.06. The van der Waals surface area contributed by atoms with Crippen LogP contribution in [0.25, 0.3) is 22.5 Å².